The Kier molecular flexibility index (Phi) is 7.70. The summed E-state index contributed by atoms with van der Waals surface area (Å²) in [5, 5.41) is 2.13. The lowest BCUT2D eigenvalue weighted by Crippen LogP contribution is -2.49. The SMILES string of the molecule is CCCCC(=O)N(CC(=O)N1CCc2sccc2[C@H]1c1ccccc1C)[C@H](C)CC. The minimum Gasteiger partial charge on any atom is -0.331 e. The molecule has 162 valence electrons. The van der Waals surface area contributed by atoms with Crippen molar-refractivity contribution >= 4 is 23.2 Å². The second-order valence-electron chi connectivity index (χ2n) is 8.28. The van der Waals surface area contributed by atoms with Crippen LogP contribution in [0.15, 0.2) is 35.7 Å². The van der Waals surface area contributed by atoms with E-state index in [4.69, 9.17) is 0 Å². The summed E-state index contributed by atoms with van der Waals surface area (Å²) in [6.45, 7) is 9.18. The predicted molar refractivity (Wildman–Crippen MR) is 124 cm³/mol. The molecule has 0 bridgehead atoms. The van der Waals surface area contributed by atoms with Gasteiger partial charge in [-0.15, -0.1) is 11.3 Å². The summed E-state index contributed by atoms with van der Waals surface area (Å²) in [5.74, 6) is 0.144. The molecular weight excluding hydrogens is 392 g/mol. The highest BCUT2D eigenvalue weighted by Crippen LogP contribution is 2.39. The van der Waals surface area contributed by atoms with E-state index >= 15 is 0 Å². The number of aryl methyl sites for hydroxylation is 1. The fraction of sp³-hybridized carbons (Fsp3) is 0.520. The third-order valence-corrected chi connectivity index (χ3v) is 7.26. The Morgan fingerprint density at radius 2 is 1.97 bits per heavy atom. The first-order valence-electron chi connectivity index (χ1n) is 11.2. The van der Waals surface area contributed by atoms with E-state index in [2.05, 4.69) is 44.4 Å². The lowest BCUT2D eigenvalue weighted by molar-refractivity contribution is -0.143. The average Bonchev–Trinajstić information content (AvgIpc) is 3.24. The molecule has 30 heavy (non-hydrogen) atoms. The minimum absolute atomic E-state index is 0.0465. The zero-order chi connectivity index (χ0) is 21.7. The Bertz CT molecular complexity index is 876. The Hall–Kier alpha value is -2.14. The second-order valence-corrected chi connectivity index (χ2v) is 9.28. The van der Waals surface area contributed by atoms with Crippen LogP contribution >= 0.6 is 11.3 Å². The maximum Gasteiger partial charge on any atom is 0.243 e. The van der Waals surface area contributed by atoms with Crippen molar-refractivity contribution in [1.29, 1.82) is 0 Å². The number of carbonyl (C=O) groups excluding carboxylic acids is 2. The van der Waals surface area contributed by atoms with Crippen molar-refractivity contribution in [3.8, 4) is 0 Å². The summed E-state index contributed by atoms with van der Waals surface area (Å²) in [4.78, 5) is 31.6. The molecule has 0 fully saturated rings. The van der Waals surface area contributed by atoms with Gasteiger partial charge in [-0.2, -0.15) is 0 Å². The largest absolute Gasteiger partial charge is 0.331 e. The monoisotopic (exact) mass is 426 g/mol. The van der Waals surface area contributed by atoms with E-state index in [1.165, 1.54) is 21.6 Å². The molecule has 5 heteroatoms. The third kappa shape index (κ3) is 4.77. The minimum atomic E-state index is -0.0711. The molecule has 0 aliphatic carbocycles. The Labute approximate surface area is 184 Å². The Balaban J connectivity index is 1.89. The van der Waals surface area contributed by atoms with Crippen LogP contribution in [0.4, 0.5) is 0 Å². The number of hydrogen-bond acceptors (Lipinski definition) is 3. The van der Waals surface area contributed by atoms with Crippen molar-refractivity contribution in [3.63, 3.8) is 0 Å². The molecule has 1 aromatic heterocycles. The first kappa shape index (κ1) is 22.5. The lowest BCUT2D eigenvalue weighted by Gasteiger charge is -2.39. The Morgan fingerprint density at radius 3 is 2.67 bits per heavy atom. The van der Waals surface area contributed by atoms with E-state index in [9.17, 15) is 9.59 Å². The van der Waals surface area contributed by atoms with Crippen molar-refractivity contribution in [2.24, 2.45) is 0 Å². The lowest BCUT2D eigenvalue weighted by atomic mass is 9.90. The molecule has 0 radical (unpaired) electrons. The van der Waals surface area contributed by atoms with E-state index < -0.39 is 0 Å². The molecular formula is C25H34N2O2S. The standard InChI is InChI=1S/C25H34N2O2S/c1-5-7-12-23(28)27(19(4)6-2)17-24(29)26-15-13-22-21(14-16-30-22)25(26)20-11-9-8-10-18(20)3/h8-11,14,16,19,25H,5-7,12-13,15,17H2,1-4H3/t19-,25-/m1/s1. The summed E-state index contributed by atoms with van der Waals surface area (Å²) in [6.07, 6.45) is 4.10. The van der Waals surface area contributed by atoms with Crippen molar-refractivity contribution in [2.75, 3.05) is 13.1 Å². The Morgan fingerprint density at radius 1 is 1.20 bits per heavy atom. The van der Waals surface area contributed by atoms with E-state index in [0.29, 0.717) is 13.0 Å². The first-order valence-corrected chi connectivity index (χ1v) is 12.1. The summed E-state index contributed by atoms with van der Waals surface area (Å²) in [6, 6.07) is 10.5. The number of carbonyl (C=O) groups is 2. The molecule has 2 heterocycles. The maximum absolute atomic E-state index is 13.6. The fourth-order valence-corrected chi connectivity index (χ4v) is 5.14. The topological polar surface area (TPSA) is 40.6 Å². The number of hydrogen-bond donors (Lipinski definition) is 0. The van der Waals surface area contributed by atoms with Gasteiger partial charge in [-0.05, 0) is 61.2 Å². The van der Waals surface area contributed by atoms with Crippen molar-refractivity contribution in [3.05, 3.63) is 57.3 Å². The van der Waals surface area contributed by atoms with Crippen molar-refractivity contribution < 1.29 is 9.59 Å². The van der Waals surface area contributed by atoms with Gasteiger partial charge in [0.15, 0.2) is 0 Å². The van der Waals surface area contributed by atoms with E-state index in [-0.39, 0.29) is 30.4 Å². The molecule has 0 saturated heterocycles. The van der Waals surface area contributed by atoms with E-state index in [1.807, 2.05) is 24.0 Å². The van der Waals surface area contributed by atoms with E-state index in [1.54, 1.807) is 16.2 Å². The smallest absolute Gasteiger partial charge is 0.243 e. The van der Waals surface area contributed by atoms with Gasteiger partial charge in [-0.25, -0.2) is 0 Å². The number of fused-ring (bicyclic) bond motifs is 1. The number of thiophene rings is 1. The van der Waals surface area contributed by atoms with Gasteiger partial charge >= 0.3 is 0 Å². The van der Waals surface area contributed by atoms with Gasteiger partial charge in [0, 0.05) is 23.9 Å². The summed E-state index contributed by atoms with van der Waals surface area (Å²) in [7, 11) is 0. The molecule has 1 aliphatic heterocycles. The molecule has 2 atom stereocenters. The van der Waals surface area contributed by atoms with Crippen LogP contribution in [0.25, 0.3) is 0 Å². The zero-order valence-electron chi connectivity index (χ0n) is 18.7. The molecule has 2 aromatic rings. The predicted octanol–water partition coefficient (Wildman–Crippen LogP) is 5.35. The van der Waals surface area contributed by atoms with E-state index in [0.717, 1.165) is 25.7 Å². The molecule has 3 rings (SSSR count). The van der Waals surface area contributed by atoms with Gasteiger partial charge in [0.25, 0.3) is 0 Å². The third-order valence-electron chi connectivity index (χ3n) is 6.26. The van der Waals surface area contributed by atoms with Crippen LogP contribution in [0.1, 0.15) is 74.1 Å². The highest BCUT2D eigenvalue weighted by atomic mass is 32.1. The van der Waals surface area contributed by atoms with Crippen molar-refractivity contribution in [2.45, 2.75) is 71.9 Å². The number of benzene rings is 1. The van der Waals surface area contributed by atoms with Gasteiger partial charge < -0.3 is 9.80 Å². The van der Waals surface area contributed by atoms with Crippen LogP contribution in [0.5, 0.6) is 0 Å². The van der Waals surface area contributed by atoms with Crippen LogP contribution in [0.2, 0.25) is 0 Å². The van der Waals surface area contributed by atoms with Gasteiger partial charge in [-0.1, -0.05) is 44.5 Å². The highest BCUT2D eigenvalue weighted by molar-refractivity contribution is 7.10. The van der Waals surface area contributed by atoms with Gasteiger partial charge in [0.05, 0.1) is 6.04 Å². The van der Waals surface area contributed by atoms with Crippen LogP contribution < -0.4 is 0 Å². The van der Waals surface area contributed by atoms with Crippen LogP contribution in [0, 0.1) is 6.92 Å². The molecule has 1 aromatic carbocycles. The van der Waals surface area contributed by atoms with Crippen LogP contribution in [-0.4, -0.2) is 40.7 Å². The fourth-order valence-electron chi connectivity index (χ4n) is 4.23. The maximum atomic E-state index is 13.6. The molecule has 0 saturated carbocycles. The normalized spacial score (nSPS) is 16.8. The van der Waals surface area contributed by atoms with Gasteiger partial charge in [-0.3, -0.25) is 9.59 Å². The van der Waals surface area contributed by atoms with Gasteiger partial charge in [0.2, 0.25) is 11.8 Å². The summed E-state index contributed by atoms with van der Waals surface area (Å²) < 4.78 is 0. The summed E-state index contributed by atoms with van der Waals surface area (Å²) in [5.41, 5.74) is 3.61. The highest BCUT2D eigenvalue weighted by Gasteiger charge is 2.35. The van der Waals surface area contributed by atoms with Crippen LogP contribution in [-0.2, 0) is 16.0 Å². The average molecular weight is 427 g/mol. The molecule has 1 aliphatic rings. The number of unbranched alkanes of at least 4 members (excludes halogenated alkanes) is 1. The molecule has 0 spiro atoms. The summed E-state index contributed by atoms with van der Waals surface area (Å²) >= 11 is 1.78. The van der Waals surface area contributed by atoms with Gasteiger partial charge in [0.1, 0.15) is 6.54 Å². The quantitative estimate of drug-likeness (QED) is 0.571. The molecule has 0 N–H and O–H groups in total. The van der Waals surface area contributed by atoms with Crippen molar-refractivity contribution in [1.82, 2.24) is 9.80 Å². The second kappa shape index (κ2) is 10.3. The van der Waals surface area contributed by atoms with Crippen LogP contribution in [0.3, 0.4) is 0 Å². The molecule has 2 amide bonds. The molecule has 0 unspecified atom stereocenters. The number of amides is 2. The number of rotatable bonds is 8. The number of nitrogens with zero attached hydrogens (tertiary/aromatic N) is 2. The first-order chi connectivity index (χ1) is 14.5. The molecule has 4 nitrogen and oxygen atoms in total. The zero-order valence-corrected chi connectivity index (χ0v) is 19.5.